The maximum Gasteiger partial charge on any atom is 0.220 e. The minimum absolute atomic E-state index is 0.127. The Morgan fingerprint density at radius 2 is 2.38 bits per heavy atom. The summed E-state index contributed by atoms with van der Waals surface area (Å²) in [6, 6.07) is 0.161. The number of dihydropyridines is 1. The van der Waals surface area contributed by atoms with Gasteiger partial charge in [0.25, 0.3) is 0 Å². The van der Waals surface area contributed by atoms with Gasteiger partial charge in [0, 0.05) is 12.5 Å². The number of hydrogen-bond donors (Lipinski definition) is 2. The van der Waals surface area contributed by atoms with E-state index < -0.39 is 0 Å². The van der Waals surface area contributed by atoms with Crippen LogP contribution in [-0.2, 0) is 9.53 Å². The van der Waals surface area contributed by atoms with Gasteiger partial charge in [-0.25, -0.2) is 0 Å². The maximum atomic E-state index is 11.0. The van der Waals surface area contributed by atoms with Crippen molar-refractivity contribution in [1.29, 1.82) is 0 Å². The van der Waals surface area contributed by atoms with Crippen molar-refractivity contribution in [3.05, 3.63) is 23.6 Å². The molecule has 2 rings (SSSR count). The summed E-state index contributed by atoms with van der Waals surface area (Å²) in [4.78, 5) is 11.0. The molecule has 2 atom stereocenters. The number of amides is 1. The van der Waals surface area contributed by atoms with Gasteiger partial charge in [0.05, 0.1) is 10.1 Å². The standard InChI is InChI=1S/C11H15IN2O2/c1-7-4-9(12)14-11(5-7)16-6-8-2-3-10(15)13-8/h4-5,8-9,14H,2-3,6H2,1H3,(H,13,15)/t8-,9?/m1/s1. The first-order valence-electron chi connectivity index (χ1n) is 5.36. The quantitative estimate of drug-likeness (QED) is 0.466. The number of halogens is 1. The summed E-state index contributed by atoms with van der Waals surface area (Å²) in [5.74, 6) is 0.919. The van der Waals surface area contributed by atoms with Crippen molar-refractivity contribution in [3.63, 3.8) is 0 Å². The van der Waals surface area contributed by atoms with Crippen molar-refractivity contribution in [2.45, 2.75) is 29.9 Å². The molecule has 1 amide bonds. The molecule has 4 nitrogen and oxygen atoms in total. The highest BCUT2D eigenvalue weighted by Crippen LogP contribution is 2.15. The third kappa shape index (κ3) is 3.13. The van der Waals surface area contributed by atoms with E-state index in [1.54, 1.807) is 0 Å². The maximum absolute atomic E-state index is 11.0. The first kappa shape index (κ1) is 11.8. The molecule has 0 spiro atoms. The second-order valence-electron chi connectivity index (χ2n) is 4.08. The molecule has 0 radical (unpaired) electrons. The van der Waals surface area contributed by atoms with Crippen LogP contribution < -0.4 is 10.6 Å². The van der Waals surface area contributed by atoms with E-state index >= 15 is 0 Å². The summed E-state index contributed by atoms with van der Waals surface area (Å²) in [7, 11) is 0. The molecule has 0 saturated carbocycles. The van der Waals surface area contributed by atoms with Gasteiger partial charge in [-0.3, -0.25) is 4.79 Å². The molecule has 0 aliphatic carbocycles. The highest BCUT2D eigenvalue weighted by molar-refractivity contribution is 14.1. The number of rotatable bonds is 3. The summed E-state index contributed by atoms with van der Waals surface area (Å²) in [5, 5.41) is 6.10. The van der Waals surface area contributed by atoms with E-state index in [4.69, 9.17) is 4.74 Å². The van der Waals surface area contributed by atoms with Crippen LogP contribution in [0.1, 0.15) is 19.8 Å². The van der Waals surface area contributed by atoms with Crippen LogP contribution in [0.4, 0.5) is 0 Å². The van der Waals surface area contributed by atoms with Crippen LogP contribution in [0.25, 0.3) is 0 Å². The SMILES string of the molecule is CC1=CC(I)NC(OC[C@H]2CCC(=O)N2)=C1. The van der Waals surface area contributed by atoms with E-state index in [-0.39, 0.29) is 16.0 Å². The first-order valence-corrected chi connectivity index (χ1v) is 6.61. The van der Waals surface area contributed by atoms with Crippen molar-refractivity contribution in [2.24, 2.45) is 0 Å². The minimum atomic E-state index is 0.127. The Morgan fingerprint density at radius 1 is 1.56 bits per heavy atom. The van der Waals surface area contributed by atoms with Gasteiger partial charge in [0.1, 0.15) is 6.61 Å². The Bertz CT molecular complexity index is 352. The molecule has 2 heterocycles. The molecule has 5 heteroatoms. The molecule has 1 saturated heterocycles. The van der Waals surface area contributed by atoms with Crippen molar-refractivity contribution in [3.8, 4) is 0 Å². The van der Waals surface area contributed by atoms with Crippen LogP contribution in [0.2, 0.25) is 0 Å². The Labute approximate surface area is 109 Å². The van der Waals surface area contributed by atoms with Crippen LogP contribution in [0.3, 0.4) is 0 Å². The smallest absolute Gasteiger partial charge is 0.220 e. The molecule has 2 aliphatic heterocycles. The lowest BCUT2D eigenvalue weighted by molar-refractivity contribution is -0.119. The van der Waals surface area contributed by atoms with Crippen molar-refractivity contribution in [2.75, 3.05) is 6.61 Å². The highest BCUT2D eigenvalue weighted by atomic mass is 127. The third-order valence-corrected chi connectivity index (χ3v) is 3.24. The Morgan fingerprint density at radius 3 is 3.00 bits per heavy atom. The predicted octanol–water partition coefficient (Wildman–Crippen LogP) is 1.43. The largest absolute Gasteiger partial charge is 0.477 e. The van der Waals surface area contributed by atoms with Crippen LogP contribution >= 0.6 is 22.6 Å². The second kappa shape index (κ2) is 5.07. The van der Waals surface area contributed by atoms with Crippen LogP contribution in [0, 0.1) is 0 Å². The van der Waals surface area contributed by atoms with E-state index in [1.807, 2.05) is 13.0 Å². The average molecular weight is 334 g/mol. The number of carbonyl (C=O) groups is 1. The number of carbonyl (C=O) groups excluding carboxylic acids is 1. The van der Waals surface area contributed by atoms with Crippen molar-refractivity contribution >= 4 is 28.5 Å². The first-order chi connectivity index (χ1) is 7.63. The normalized spacial score (nSPS) is 29.0. The zero-order chi connectivity index (χ0) is 11.5. The topological polar surface area (TPSA) is 50.4 Å². The van der Waals surface area contributed by atoms with Crippen LogP contribution in [0.15, 0.2) is 23.6 Å². The Hall–Kier alpha value is -0.720. The summed E-state index contributed by atoms with van der Waals surface area (Å²) in [6.45, 7) is 2.59. The molecular formula is C11H15IN2O2. The predicted molar refractivity (Wildman–Crippen MR) is 69.9 cm³/mol. The van der Waals surface area contributed by atoms with Crippen LogP contribution in [-0.4, -0.2) is 22.6 Å². The molecule has 1 fully saturated rings. The fourth-order valence-corrected chi connectivity index (χ4v) is 2.66. The molecular weight excluding hydrogens is 319 g/mol. The van der Waals surface area contributed by atoms with Gasteiger partial charge in [0.2, 0.25) is 5.91 Å². The molecule has 0 aromatic rings. The van der Waals surface area contributed by atoms with E-state index in [2.05, 4.69) is 39.3 Å². The van der Waals surface area contributed by atoms with E-state index in [0.717, 1.165) is 12.3 Å². The molecule has 88 valence electrons. The van der Waals surface area contributed by atoms with Crippen LogP contribution in [0.5, 0.6) is 0 Å². The van der Waals surface area contributed by atoms with E-state index in [0.29, 0.717) is 13.0 Å². The lowest BCUT2D eigenvalue weighted by Crippen LogP contribution is -2.32. The van der Waals surface area contributed by atoms with Gasteiger partial charge in [-0.05, 0) is 25.0 Å². The zero-order valence-corrected chi connectivity index (χ0v) is 11.3. The summed E-state index contributed by atoms with van der Waals surface area (Å²) in [5.41, 5.74) is 1.20. The zero-order valence-electron chi connectivity index (χ0n) is 9.13. The lowest BCUT2D eigenvalue weighted by Gasteiger charge is -2.21. The molecule has 0 aromatic heterocycles. The van der Waals surface area contributed by atoms with Gasteiger partial charge in [-0.2, -0.15) is 0 Å². The monoisotopic (exact) mass is 334 g/mol. The highest BCUT2D eigenvalue weighted by Gasteiger charge is 2.21. The summed E-state index contributed by atoms with van der Waals surface area (Å²) in [6.07, 6.45) is 5.60. The third-order valence-electron chi connectivity index (χ3n) is 2.57. The molecule has 16 heavy (non-hydrogen) atoms. The molecule has 2 aliphatic rings. The fraction of sp³-hybridized carbons (Fsp3) is 0.545. The average Bonchev–Trinajstić information content (AvgIpc) is 2.60. The second-order valence-corrected chi connectivity index (χ2v) is 5.42. The summed E-state index contributed by atoms with van der Waals surface area (Å²) < 4.78 is 5.92. The fourth-order valence-electron chi connectivity index (χ4n) is 1.78. The summed E-state index contributed by atoms with van der Waals surface area (Å²) >= 11 is 2.30. The number of allylic oxidation sites excluding steroid dienone is 2. The molecule has 1 unspecified atom stereocenters. The van der Waals surface area contributed by atoms with Gasteiger partial charge >= 0.3 is 0 Å². The molecule has 0 aromatic carbocycles. The van der Waals surface area contributed by atoms with Gasteiger partial charge in [-0.15, -0.1) is 0 Å². The number of ether oxygens (including phenoxy) is 1. The number of alkyl halides is 1. The van der Waals surface area contributed by atoms with Gasteiger partial charge in [-0.1, -0.05) is 22.6 Å². The minimum Gasteiger partial charge on any atom is -0.477 e. The van der Waals surface area contributed by atoms with Crippen molar-refractivity contribution in [1.82, 2.24) is 10.6 Å². The Kier molecular flexibility index (Phi) is 3.73. The number of nitrogens with one attached hydrogen (secondary N) is 2. The van der Waals surface area contributed by atoms with E-state index in [1.165, 1.54) is 5.57 Å². The van der Waals surface area contributed by atoms with Crippen molar-refractivity contribution < 1.29 is 9.53 Å². The molecule has 2 N–H and O–H groups in total. The van der Waals surface area contributed by atoms with Gasteiger partial charge in [0.15, 0.2) is 5.88 Å². The number of hydrogen-bond acceptors (Lipinski definition) is 3. The molecule has 0 bridgehead atoms. The van der Waals surface area contributed by atoms with E-state index in [9.17, 15) is 4.79 Å². The Balaban J connectivity index is 1.82. The van der Waals surface area contributed by atoms with Gasteiger partial charge < -0.3 is 15.4 Å². The lowest BCUT2D eigenvalue weighted by atomic mass is 10.2.